The molecule has 0 radical (unpaired) electrons. The quantitative estimate of drug-likeness (QED) is 0.539. The van der Waals surface area contributed by atoms with E-state index in [9.17, 15) is 5.21 Å². The van der Waals surface area contributed by atoms with Crippen LogP contribution < -0.4 is 0 Å². The largest absolute Gasteiger partial charge is 0.400 e. The summed E-state index contributed by atoms with van der Waals surface area (Å²) in [5.41, 5.74) is 0.878. The predicted molar refractivity (Wildman–Crippen MR) is 50.3 cm³/mol. The lowest BCUT2D eigenvalue weighted by Crippen LogP contribution is -2.43. The van der Waals surface area contributed by atoms with Crippen molar-refractivity contribution in [1.29, 1.82) is 0 Å². The van der Waals surface area contributed by atoms with Crippen molar-refractivity contribution in [3.63, 3.8) is 0 Å². The Morgan fingerprint density at radius 1 is 1.38 bits per heavy atom. The Kier molecular flexibility index (Phi) is 2.18. The molecule has 0 aromatic heterocycles. The lowest BCUT2D eigenvalue weighted by molar-refractivity contribution is -0.762. The monoisotopic (exact) mass is 183 g/mol. The highest BCUT2D eigenvalue weighted by molar-refractivity contribution is 5.80. The predicted octanol–water partition coefficient (Wildman–Crippen LogP) is 2.10. The van der Waals surface area contributed by atoms with Gasteiger partial charge in [-0.3, -0.25) is 5.21 Å². The molecule has 3 nitrogen and oxygen atoms in total. The van der Waals surface area contributed by atoms with Crippen molar-refractivity contribution >= 4 is 5.71 Å². The summed E-state index contributed by atoms with van der Waals surface area (Å²) in [7, 11) is 0. The Morgan fingerprint density at radius 3 is 2.85 bits per heavy atom. The number of rotatable bonds is 0. The average Bonchev–Trinajstić information content (AvgIpc) is 2.15. The molecule has 3 heteroatoms. The molecule has 0 spiro atoms. The van der Waals surface area contributed by atoms with Crippen molar-refractivity contribution < 1.29 is 9.74 Å². The van der Waals surface area contributed by atoms with Crippen LogP contribution in [0.15, 0.2) is 0 Å². The van der Waals surface area contributed by atoms with Crippen LogP contribution in [0, 0.1) is 17.0 Å². The van der Waals surface area contributed by atoms with Crippen LogP contribution in [0.25, 0.3) is 0 Å². The van der Waals surface area contributed by atoms with Gasteiger partial charge in [-0.2, -0.15) is 0 Å². The average molecular weight is 183 g/mol. The second-order valence-corrected chi connectivity index (χ2v) is 4.26. The van der Waals surface area contributed by atoms with E-state index < -0.39 is 0 Å². The standard InChI is InChI=1S/C10H17NO2/c1-7-9-5-3-4-6-10(9)8(2)13-11(7)12/h8-10H,3-6H2,1-2H3/t8-,9+,10-/m1/s1. The van der Waals surface area contributed by atoms with Gasteiger partial charge in [0.05, 0.1) is 6.10 Å². The van der Waals surface area contributed by atoms with E-state index in [4.69, 9.17) is 4.84 Å². The highest BCUT2D eigenvalue weighted by Crippen LogP contribution is 2.36. The van der Waals surface area contributed by atoms with E-state index in [1.54, 1.807) is 0 Å². The first kappa shape index (κ1) is 8.85. The fourth-order valence-electron chi connectivity index (χ4n) is 2.69. The zero-order valence-corrected chi connectivity index (χ0v) is 8.32. The van der Waals surface area contributed by atoms with Gasteiger partial charge in [0, 0.05) is 17.7 Å². The van der Waals surface area contributed by atoms with Crippen LogP contribution in [0.5, 0.6) is 0 Å². The molecule has 3 atom stereocenters. The van der Waals surface area contributed by atoms with Crippen molar-refractivity contribution in [2.45, 2.75) is 45.6 Å². The molecule has 2 aliphatic rings. The van der Waals surface area contributed by atoms with Gasteiger partial charge < -0.3 is 4.84 Å². The minimum Gasteiger partial charge on any atom is -0.400 e. The summed E-state index contributed by atoms with van der Waals surface area (Å²) in [6, 6.07) is 0. The second kappa shape index (κ2) is 3.20. The molecule has 1 aliphatic carbocycles. The maximum atomic E-state index is 11.3. The Balaban J connectivity index is 2.24. The summed E-state index contributed by atoms with van der Waals surface area (Å²) in [4.78, 5) is 5.94. The molecule has 0 aromatic carbocycles. The molecular formula is C10H17NO2. The third-order valence-corrected chi connectivity index (χ3v) is 3.51. The van der Waals surface area contributed by atoms with Crippen molar-refractivity contribution in [3.8, 4) is 0 Å². The molecule has 13 heavy (non-hydrogen) atoms. The SMILES string of the molecule is CC1=[N+]([O-])O[C@H](C)[C@H]2CCCC[C@@H]12. The third-order valence-electron chi connectivity index (χ3n) is 3.51. The van der Waals surface area contributed by atoms with Gasteiger partial charge >= 0.3 is 0 Å². The molecule has 0 amide bonds. The van der Waals surface area contributed by atoms with Gasteiger partial charge in [0.2, 0.25) is 5.71 Å². The second-order valence-electron chi connectivity index (χ2n) is 4.26. The van der Waals surface area contributed by atoms with Crippen LogP contribution in [0.3, 0.4) is 0 Å². The van der Waals surface area contributed by atoms with Gasteiger partial charge in [-0.15, -0.1) is 0 Å². The van der Waals surface area contributed by atoms with E-state index in [2.05, 4.69) is 0 Å². The Hall–Kier alpha value is -0.730. The van der Waals surface area contributed by atoms with Gasteiger partial charge in [0.1, 0.15) is 0 Å². The molecule has 0 N–H and O–H groups in total. The smallest absolute Gasteiger partial charge is 0.222 e. The highest BCUT2D eigenvalue weighted by Gasteiger charge is 2.39. The molecule has 1 saturated carbocycles. The summed E-state index contributed by atoms with van der Waals surface area (Å²) in [6.07, 6.45) is 5.05. The normalized spacial score (nSPS) is 39.7. The lowest BCUT2D eigenvalue weighted by Gasteiger charge is -2.38. The van der Waals surface area contributed by atoms with Gasteiger partial charge in [-0.1, -0.05) is 12.8 Å². The van der Waals surface area contributed by atoms with Crippen LogP contribution in [0.1, 0.15) is 39.5 Å². The Labute approximate surface area is 78.9 Å². The van der Waals surface area contributed by atoms with Gasteiger partial charge in [0.25, 0.3) is 0 Å². The molecule has 0 saturated heterocycles. The molecule has 2 rings (SSSR count). The molecule has 0 bridgehead atoms. The molecular weight excluding hydrogens is 166 g/mol. The first-order valence-corrected chi connectivity index (χ1v) is 5.17. The van der Waals surface area contributed by atoms with E-state index in [0.29, 0.717) is 11.8 Å². The van der Waals surface area contributed by atoms with Crippen LogP contribution in [0.4, 0.5) is 0 Å². The summed E-state index contributed by atoms with van der Waals surface area (Å²) < 4.78 is 0. The molecule has 0 aromatic rings. The number of nitrogens with zero attached hydrogens (tertiary/aromatic N) is 1. The van der Waals surface area contributed by atoms with Crippen LogP contribution in [-0.4, -0.2) is 16.7 Å². The molecule has 1 aliphatic heterocycles. The van der Waals surface area contributed by atoms with E-state index in [-0.39, 0.29) is 6.10 Å². The molecule has 74 valence electrons. The summed E-state index contributed by atoms with van der Waals surface area (Å²) >= 11 is 0. The minimum absolute atomic E-state index is 0.103. The number of hydrogen-bond donors (Lipinski definition) is 0. The highest BCUT2D eigenvalue weighted by atomic mass is 16.9. The fourth-order valence-corrected chi connectivity index (χ4v) is 2.69. The Bertz CT molecular complexity index is 237. The van der Waals surface area contributed by atoms with E-state index >= 15 is 0 Å². The molecule has 1 fully saturated rings. The topological polar surface area (TPSA) is 35.3 Å². The summed E-state index contributed by atoms with van der Waals surface area (Å²) in [6.45, 7) is 3.92. The first-order valence-electron chi connectivity index (χ1n) is 5.17. The Morgan fingerprint density at radius 2 is 2.08 bits per heavy atom. The molecule has 0 unspecified atom stereocenters. The van der Waals surface area contributed by atoms with Gasteiger partial charge in [-0.25, -0.2) is 0 Å². The van der Waals surface area contributed by atoms with Crippen LogP contribution >= 0.6 is 0 Å². The van der Waals surface area contributed by atoms with E-state index in [0.717, 1.165) is 10.6 Å². The van der Waals surface area contributed by atoms with E-state index in [1.807, 2.05) is 13.8 Å². The number of fused-ring (bicyclic) bond motifs is 1. The third kappa shape index (κ3) is 1.40. The maximum Gasteiger partial charge on any atom is 0.222 e. The van der Waals surface area contributed by atoms with Gasteiger partial charge in [0.15, 0.2) is 0 Å². The van der Waals surface area contributed by atoms with E-state index in [1.165, 1.54) is 25.7 Å². The molecule has 1 heterocycles. The number of hydrogen-bond acceptors (Lipinski definition) is 2. The van der Waals surface area contributed by atoms with Crippen LogP contribution in [0.2, 0.25) is 0 Å². The lowest BCUT2D eigenvalue weighted by atomic mass is 9.74. The van der Waals surface area contributed by atoms with Gasteiger partial charge in [-0.05, 0) is 25.7 Å². The van der Waals surface area contributed by atoms with Crippen molar-refractivity contribution in [3.05, 3.63) is 5.21 Å². The van der Waals surface area contributed by atoms with Crippen molar-refractivity contribution in [1.82, 2.24) is 0 Å². The zero-order valence-electron chi connectivity index (χ0n) is 8.32. The first-order chi connectivity index (χ1) is 6.20. The van der Waals surface area contributed by atoms with Crippen LogP contribution in [-0.2, 0) is 4.84 Å². The maximum absolute atomic E-state index is 11.3. The minimum atomic E-state index is 0.103. The zero-order chi connectivity index (χ0) is 9.42. The fraction of sp³-hybridized carbons (Fsp3) is 0.900. The summed E-state index contributed by atoms with van der Waals surface area (Å²) in [5, 5.41) is 11.3. The van der Waals surface area contributed by atoms with Crippen molar-refractivity contribution in [2.24, 2.45) is 11.8 Å². The summed E-state index contributed by atoms with van der Waals surface area (Å²) in [5.74, 6) is 1.06. The van der Waals surface area contributed by atoms with Crippen molar-refractivity contribution in [2.75, 3.05) is 0 Å².